The predicted octanol–water partition coefficient (Wildman–Crippen LogP) is 8.09. The van der Waals surface area contributed by atoms with Crippen LogP contribution in [0.3, 0.4) is 0 Å². The highest BCUT2D eigenvalue weighted by molar-refractivity contribution is 6.31. The summed E-state index contributed by atoms with van der Waals surface area (Å²) >= 11 is 19.0. The monoisotopic (exact) mass is 1020 g/mol. The summed E-state index contributed by atoms with van der Waals surface area (Å²) in [5, 5.41) is 16.9. The van der Waals surface area contributed by atoms with Crippen molar-refractivity contribution in [1.82, 2.24) is 38.9 Å². The molecule has 0 unspecified atom stereocenters. The van der Waals surface area contributed by atoms with Crippen molar-refractivity contribution in [2.75, 3.05) is 36.0 Å². The van der Waals surface area contributed by atoms with E-state index in [9.17, 15) is 24.3 Å². The molecule has 0 aliphatic carbocycles. The van der Waals surface area contributed by atoms with Gasteiger partial charge in [0, 0.05) is 73.8 Å². The Hall–Kier alpha value is -5.75. The zero-order valence-corrected chi connectivity index (χ0v) is 43.3. The maximum Gasteiger partial charge on any atom is 0.407 e. The van der Waals surface area contributed by atoms with Crippen molar-refractivity contribution in [1.29, 1.82) is 0 Å². The molecule has 2 aromatic carbocycles. The highest BCUT2D eigenvalue weighted by Gasteiger charge is 2.31. The van der Waals surface area contributed by atoms with Gasteiger partial charge in [-0.15, -0.1) is 11.6 Å². The van der Waals surface area contributed by atoms with Crippen LogP contribution in [0.4, 0.5) is 21.5 Å². The van der Waals surface area contributed by atoms with Crippen molar-refractivity contribution < 1.29 is 24.2 Å². The van der Waals surface area contributed by atoms with Gasteiger partial charge in [-0.1, -0.05) is 59.6 Å². The van der Waals surface area contributed by atoms with Crippen molar-refractivity contribution in [3.8, 4) is 0 Å². The van der Waals surface area contributed by atoms with E-state index in [-0.39, 0.29) is 35.7 Å². The topological polar surface area (TPSA) is 183 Å². The normalized spacial score (nSPS) is 16.5. The second kappa shape index (κ2) is 21.7. The molecular weight excluding hydrogens is 959 g/mol. The molecule has 3 N–H and O–H groups in total. The molecule has 2 saturated heterocycles. The Morgan fingerprint density at radius 1 is 0.686 bits per heavy atom. The Morgan fingerprint density at radius 3 is 1.47 bits per heavy atom. The number of hydrogen-bond donors (Lipinski definition) is 3. The number of ether oxygens (including phenoxy) is 2. The van der Waals surface area contributed by atoms with E-state index in [0.29, 0.717) is 81.6 Å². The van der Waals surface area contributed by atoms with Gasteiger partial charge in [-0.25, -0.2) is 19.6 Å². The number of hydrogen-bond acceptors (Lipinski definition) is 11. The van der Waals surface area contributed by atoms with Gasteiger partial charge in [0.05, 0.1) is 36.6 Å². The third-order valence-electron chi connectivity index (χ3n) is 12.2. The first-order valence-electron chi connectivity index (χ1n) is 23.5. The second-order valence-electron chi connectivity index (χ2n) is 19.8. The van der Waals surface area contributed by atoms with Crippen molar-refractivity contribution >= 4 is 81.0 Å². The molecule has 70 heavy (non-hydrogen) atoms. The summed E-state index contributed by atoms with van der Waals surface area (Å²) in [6, 6.07) is 18.5. The number of benzene rings is 2. The van der Waals surface area contributed by atoms with Gasteiger partial charge in [-0.2, -0.15) is 0 Å². The fourth-order valence-corrected chi connectivity index (χ4v) is 9.46. The molecule has 2 aliphatic heterocycles. The smallest absolute Gasteiger partial charge is 0.407 e. The lowest BCUT2D eigenvalue weighted by Gasteiger charge is -2.34. The molecule has 2 fully saturated rings. The molecule has 17 nitrogen and oxygen atoms in total. The number of imidazole rings is 2. The summed E-state index contributed by atoms with van der Waals surface area (Å²) in [5.74, 6) is 1.50. The van der Waals surface area contributed by atoms with E-state index in [1.54, 1.807) is 24.7 Å². The van der Waals surface area contributed by atoms with E-state index in [1.807, 2.05) is 105 Å². The van der Waals surface area contributed by atoms with Gasteiger partial charge in [-0.05, 0) is 103 Å². The SMILES string of the molecule is Cn1c(CCl)cc2nc(N3CCC[C@@H](NC(=O)OC(C)(C)C)C3)n(Cc3ccccc3Cl)c2c1=O.Cn1c(CO)cc2nc(N3CCC[C@@H](NC(=O)OC(C)(C)C)C3)n(Cc3ccccc3Cl)c2c1=O. The lowest BCUT2D eigenvalue weighted by Crippen LogP contribution is -2.49. The number of aromatic nitrogens is 6. The maximum absolute atomic E-state index is 13.4. The number of rotatable bonds is 10. The van der Waals surface area contributed by atoms with E-state index in [2.05, 4.69) is 20.4 Å². The molecule has 2 amide bonds. The van der Waals surface area contributed by atoms with Gasteiger partial charge in [0.25, 0.3) is 11.1 Å². The van der Waals surface area contributed by atoms with Crippen LogP contribution in [0, 0.1) is 0 Å². The van der Waals surface area contributed by atoms with Gasteiger partial charge in [-0.3, -0.25) is 9.59 Å². The first kappa shape index (κ1) is 52.1. The molecule has 20 heteroatoms. The van der Waals surface area contributed by atoms with Crippen molar-refractivity contribution in [2.45, 2.75) is 116 Å². The number of aliphatic hydroxyl groups is 1. The Balaban J connectivity index is 0.000000206. The number of nitrogens with one attached hydrogen (secondary N) is 2. The highest BCUT2D eigenvalue weighted by atomic mass is 35.5. The van der Waals surface area contributed by atoms with E-state index in [1.165, 1.54) is 4.57 Å². The minimum Gasteiger partial charge on any atom is -0.444 e. The van der Waals surface area contributed by atoms with E-state index < -0.39 is 23.4 Å². The molecule has 0 bridgehead atoms. The van der Waals surface area contributed by atoms with Gasteiger partial charge < -0.3 is 53.3 Å². The lowest BCUT2D eigenvalue weighted by molar-refractivity contribution is 0.0488. The van der Waals surface area contributed by atoms with Crippen LogP contribution in [0.2, 0.25) is 10.0 Å². The minimum absolute atomic E-state index is 0.103. The number of carbonyl (C=O) groups excluding carboxylic acids is 2. The molecule has 6 heterocycles. The van der Waals surface area contributed by atoms with Crippen molar-refractivity contribution in [2.24, 2.45) is 14.1 Å². The fourth-order valence-electron chi connectivity index (χ4n) is 8.82. The number of nitrogens with zero attached hydrogens (tertiary/aromatic N) is 8. The van der Waals surface area contributed by atoms with E-state index in [4.69, 9.17) is 54.2 Å². The third-order valence-corrected chi connectivity index (χ3v) is 13.2. The summed E-state index contributed by atoms with van der Waals surface area (Å²) in [4.78, 5) is 65.3. The molecule has 376 valence electrons. The summed E-state index contributed by atoms with van der Waals surface area (Å²) in [5.41, 5.74) is 3.44. The molecule has 6 aromatic rings. The molecule has 4 aromatic heterocycles. The number of amides is 2. The average molecular weight is 1020 g/mol. The Morgan fingerprint density at radius 2 is 1.09 bits per heavy atom. The summed E-state index contributed by atoms with van der Waals surface area (Å²) < 4.78 is 17.7. The summed E-state index contributed by atoms with van der Waals surface area (Å²) in [7, 11) is 3.36. The van der Waals surface area contributed by atoms with Crippen LogP contribution in [0.15, 0.2) is 70.3 Å². The number of fused-ring (bicyclic) bond motifs is 2. The summed E-state index contributed by atoms with van der Waals surface area (Å²) in [6.45, 7) is 14.1. The molecular formula is C50H63Cl3N10O7. The second-order valence-corrected chi connectivity index (χ2v) is 20.9. The molecule has 0 saturated carbocycles. The number of pyridine rings is 2. The van der Waals surface area contributed by atoms with Crippen LogP contribution >= 0.6 is 34.8 Å². The Labute approximate surface area is 422 Å². The molecule has 0 spiro atoms. The minimum atomic E-state index is -0.578. The first-order chi connectivity index (χ1) is 33.1. The molecule has 8 rings (SSSR count). The van der Waals surface area contributed by atoms with Gasteiger partial charge in [0.2, 0.25) is 11.9 Å². The van der Waals surface area contributed by atoms with Gasteiger partial charge in [0.1, 0.15) is 22.2 Å². The number of carbonyl (C=O) groups is 2. The largest absolute Gasteiger partial charge is 0.444 e. The van der Waals surface area contributed by atoms with Crippen LogP contribution in [-0.2, 0) is 49.1 Å². The lowest BCUT2D eigenvalue weighted by atomic mass is 10.1. The zero-order valence-electron chi connectivity index (χ0n) is 41.0. The van der Waals surface area contributed by atoms with Crippen molar-refractivity contribution in [3.63, 3.8) is 0 Å². The van der Waals surface area contributed by atoms with Gasteiger partial charge in [0.15, 0.2) is 0 Å². The first-order valence-corrected chi connectivity index (χ1v) is 24.7. The molecule has 2 aliphatic rings. The van der Waals surface area contributed by atoms with E-state index in [0.717, 1.165) is 49.9 Å². The number of halogens is 3. The van der Waals surface area contributed by atoms with Crippen molar-refractivity contribution in [3.05, 3.63) is 114 Å². The molecule has 2 atom stereocenters. The van der Waals surface area contributed by atoms with Crippen LogP contribution in [0.25, 0.3) is 22.1 Å². The number of piperidine rings is 2. The zero-order chi connectivity index (χ0) is 50.7. The number of alkyl carbamates (subject to hydrolysis) is 2. The highest BCUT2D eigenvalue weighted by Crippen LogP contribution is 2.30. The third kappa shape index (κ3) is 12.2. The van der Waals surface area contributed by atoms with Gasteiger partial charge >= 0.3 is 12.2 Å². The number of alkyl halides is 1. The summed E-state index contributed by atoms with van der Waals surface area (Å²) in [6.07, 6.45) is 2.47. The Bertz CT molecular complexity index is 2790. The maximum atomic E-state index is 13.4. The molecule has 0 radical (unpaired) electrons. The number of aliphatic hydroxyl groups excluding tert-OH is 1. The quantitative estimate of drug-likeness (QED) is 0.113. The Kier molecular flexibility index (Phi) is 16.2. The number of anilines is 2. The predicted molar refractivity (Wildman–Crippen MR) is 276 cm³/mol. The van der Waals surface area contributed by atoms with Crippen LogP contribution in [0.5, 0.6) is 0 Å². The van der Waals surface area contributed by atoms with E-state index >= 15 is 0 Å². The van der Waals surface area contributed by atoms with Crippen LogP contribution in [-0.4, -0.2) is 95.0 Å². The standard InChI is InChI=1S/C25H31Cl2N5O3.C25H32ClN5O4/c1-25(2,3)35-24(34)28-17-9-7-11-31(15-17)23-29-20-12-18(13-26)30(4)22(33)21(20)32(23)14-16-8-5-6-10-19(16)27;1-25(2,3)35-24(34)27-17-9-7-11-30(14-17)23-28-20-12-18(15-32)29(4)22(33)21(20)31(23)13-16-8-5-6-10-19(16)26/h5-6,8,10,12,17H,7,9,11,13-15H2,1-4H3,(H,28,34);5-6,8,10,12,17,32H,7,9,11,13-15H2,1-4H3,(H,27,34)/t2*17-/m11/s1. The fraction of sp³-hybridized carbons (Fsp3) is 0.480. The van der Waals surface area contributed by atoms with Crippen LogP contribution in [0.1, 0.15) is 89.7 Å². The van der Waals surface area contributed by atoms with Crippen LogP contribution < -0.4 is 31.6 Å². The average Bonchev–Trinajstić information content (AvgIpc) is 3.84.